The Morgan fingerprint density at radius 2 is 1.84 bits per heavy atom. The molecular formula is C17H18N2. The van der Waals surface area contributed by atoms with Crippen molar-refractivity contribution in [2.24, 2.45) is 0 Å². The molecule has 0 saturated heterocycles. The standard InChI is InChI=1S/C17H18N2/c1-4-19(16-10-5-7-13(2)11-16)17-14(3)8-6-9-15(17)12-18/h5-11H,4H2,1-3H3. The maximum atomic E-state index is 9.31. The van der Waals surface area contributed by atoms with Gasteiger partial charge in [-0.15, -0.1) is 0 Å². The second-order valence-electron chi connectivity index (χ2n) is 4.67. The van der Waals surface area contributed by atoms with Crippen LogP contribution < -0.4 is 4.90 Å². The number of hydrogen-bond donors (Lipinski definition) is 0. The lowest BCUT2D eigenvalue weighted by molar-refractivity contribution is 1.01. The minimum Gasteiger partial charge on any atom is -0.340 e. The van der Waals surface area contributed by atoms with Gasteiger partial charge in [0, 0.05) is 12.2 Å². The molecule has 2 nitrogen and oxygen atoms in total. The molecule has 0 unspecified atom stereocenters. The number of hydrogen-bond acceptors (Lipinski definition) is 2. The third-order valence-electron chi connectivity index (χ3n) is 3.26. The first kappa shape index (κ1) is 13.2. The molecular weight excluding hydrogens is 232 g/mol. The predicted octanol–water partition coefficient (Wildman–Crippen LogP) is 4.33. The predicted molar refractivity (Wildman–Crippen MR) is 79.8 cm³/mol. The van der Waals surface area contributed by atoms with Crippen LogP contribution in [0.5, 0.6) is 0 Å². The number of benzene rings is 2. The van der Waals surface area contributed by atoms with E-state index in [2.05, 4.69) is 62.1 Å². The van der Waals surface area contributed by atoms with E-state index in [1.807, 2.05) is 12.1 Å². The zero-order valence-corrected chi connectivity index (χ0v) is 11.6. The average molecular weight is 250 g/mol. The van der Waals surface area contributed by atoms with Gasteiger partial charge in [0.1, 0.15) is 6.07 Å². The van der Waals surface area contributed by atoms with Gasteiger partial charge in [-0.05, 0) is 50.1 Å². The molecule has 0 heterocycles. The number of nitrogens with zero attached hydrogens (tertiary/aromatic N) is 2. The third kappa shape index (κ3) is 2.61. The largest absolute Gasteiger partial charge is 0.340 e. The summed E-state index contributed by atoms with van der Waals surface area (Å²) in [5, 5.41) is 9.31. The van der Waals surface area contributed by atoms with E-state index >= 15 is 0 Å². The summed E-state index contributed by atoms with van der Waals surface area (Å²) in [5.41, 5.74) is 5.22. The molecule has 0 fully saturated rings. The SMILES string of the molecule is CCN(c1cccc(C)c1)c1c(C)cccc1C#N. The van der Waals surface area contributed by atoms with Gasteiger partial charge in [0.15, 0.2) is 0 Å². The van der Waals surface area contributed by atoms with Crippen LogP contribution in [-0.4, -0.2) is 6.54 Å². The smallest absolute Gasteiger partial charge is 0.101 e. The van der Waals surface area contributed by atoms with E-state index in [4.69, 9.17) is 0 Å². The van der Waals surface area contributed by atoms with E-state index in [-0.39, 0.29) is 0 Å². The molecule has 0 aromatic heterocycles. The zero-order chi connectivity index (χ0) is 13.8. The van der Waals surface area contributed by atoms with Crippen LogP contribution in [0.15, 0.2) is 42.5 Å². The molecule has 2 aromatic rings. The Hall–Kier alpha value is -2.27. The summed E-state index contributed by atoms with van der Waals surface area (Å²) in [7, 11) is 0. The van der Waals surface area contributed by atoms with Crippen LogP contribution in [0.25, 0.3) is 0 Å². The van der Waals surface area contributed by atoms with E-state index < -0.39 is 0 Å². The molecule has 2 aromatic carbocycles. The van der Waals surface area contributed by atoms with Crippen molar-refractivity contribution in [2.45, 2.75) is 20.8 Å². The van der Waals surface area contributed by atoms with Crippen LogP contribution in [-0.2, 0) is 0 Å². The van der Waals surface area contributed by atoms with Gasteiger partial charge >= 0.3 is 0 Å². The maximum absolute atomic E-state index is 9.31. The summed E-state index contributed by atoms with van der Waals surface area (Å²) in [6, 6.07) is 16.5. The Kier molecular flexibility index (Phi) is 3.87. The van der Waals surface area contributed by atoms with Crippen LogP contribution in [0, 0.1) is 25.2 Å². The first-order chi connectivity index (χ1) is 9.17. The molecule has 0 N–H and O–H groups in total. The third-order valence-corrected chi connectivity index (χ3v) is 3.26. The second-order valence-corrected chi connectivity index (χ2v) is 4.67. The summed E-state index contributed by atoms with van der Waals surface area (Å²) in [6.45, 7) is 7.08. The van der Waals surface area contributed by atoms with Crippen LogP contribution in [0.4, 0.5) is 11.4 Å². The van der Waals surface area contributed by atoms with Crippen molar-refractivity contribution >= 4 is 11.4 Å². The molecule has 0 amide bonds. The van der Waals surface area contributed by atoms with E-state index in [0.717, 1.165) is 29.0 Å². The van der Waals surface area contributed by atoms with Crippen LogP contribution in [0.2, 0.25) is 0 Å². The zero-order valence-electron chi connectivity index (χ0n) is 11.6. The monoisotopic (exact) mass is 250 g/mol. The molecule has 2 heteroatoms. The fourth-order valence-corrected chi connectivity index (χ4v) is 2.37. The summed E-state index contributed by atoms with van der Waals surface area (Å²) in [4.78, 5) is 2.20. The molecule has 2 rings (SSSR count). The average Bonchev–Trinajstić information content (AvgIpc) is 2.41. The maximum Gasteiger partial charge on any atom is 0.101 e. The molecule has 19 heavy (non-hydrogen) atoms. The lowest BCUT2D eigenvalue weighted by Crippen LogP contribution is -2.18. The highest BCUT2D eigenvalue weighted by molar-refractivity contribution is 5.72. The van der Waals surface area contributed by atoms with Gasteiger partial charge < -0.3 is 4.90 Å². The number of aryl methyl sites for hydroxylation is 2. The quantitative estimate of drug-likeness (QED) is 0.810. The minimum atomic E-state index is 0.725. The van der Waals surface area contributed by atoms with E-state index in [9.17, 15) is 5.26 Å². The Bertz CT molecular complexity index is 623. The van der Waals surface area contributed by atoms with Crippen LogP contribution in [0.3, 0.4) is 0 Å². The van der Waals surface area contributed by atoms with Crippen molar-refractivity contribution in [3.63, 3.8) is 0 Å². The van der Waals surface area contributed by atoms with Gasteiger partial charge in [-0.2, -0.15) is 5.26 Å². The molecule has 0 aliphatic rings. The Labute approximate surface area is 114 Å². The summed E-state index contributed by atoms with van der Waals surface area (Å²) in [5.74, 6) is 0. The molecule has 96 valence electrons. The fraction of sp³-hybridized carbons (Fsp3) is 0.235. The molecule has 0 atom stereocenters. The highest BCUT2D eigenvalue weighted by Gasteiger charge is 2.14. The first-order valence-electron chi connectivity index (χ1n) is 6.51. The molecule has 0 aliphatic carbocycles. The highest BCUT2D eigenvalue weighted by atomic mass is 15.1. The van der Waals surface area contributed by atoms with Crippen molar-refractivity contribution in [3.05, 3.63) is 59.2 Å². The fourth-order valence-electron chi connectivity index (χ4n) is 2.37. The minimum absolute atomic E-state index is 0.725. The van der Waals surface area contributed by atoms with Crippen molar-refractivity contribution in [3.8, 4) is 6.07 Å². The van der Waals surface area contributed by atoms with Gasteiger partial charge in [0.25, 0.3) is 0 Å². The normalized spacial score (nSPS) is 10.0. The first-order valence-corrected chi connectivity index (χ1v) is 6.51. The molecule has 0 bridgehead atoms. The highest BCUT2D eigenvalue weighted by Crippen LogP contribution is 2.31. The number of para-hydroxylation sites is 1. The number of rotatable bonds is 3. The van der Waals surface area contributed by atoms with Crippen LogP contribution >= 0.6 is 0 Å². The Morgan fingerprint density at radius 1 is 1.11 bits per heavy atom. The summed E-state index contributed by atoms with van der Waals surface area (Å²) in [6.07, 6.45) is 0. The van der Waals surface area contributed by atoms with Crippen molar-refractivity contribution in [2.75, 3.05) is 11.4 Å². The summed E-state index contributed by atoms with van der Waals surface area (Å²) >= 11 is 0. The lowest BCUT2D eigenvalue weighted by Gasteiger charge is -2.26. The van der Waals surface area contributed by atoms with Gasteiger partial charge in [-0.25, -0.2) is 0 Å². The van der Waals surface area contributed by atoms with Crippen LogP contribution in [0.1, 0.15) is 23.6 Å². The van der Waals surface area contributed by atoms with E-state index in [1.165, 1.54) is 5.56 Å². The topological polar surface area (TPSA) is 27.0 Å². The van der Waals surface area contributed by atoms with Gasteiger partial charge in [-0.3, -0.25) is 0 Å². The molecule has 0 saturated carbocycles. The van der Waals surface area contributed by atoms with Crippen molar-refractivity contribution in [1.82, 2.24) is 0 Å². The number of anilines is 2. The summed E-state index contributed by atoms with van der Waals surface area (Å²) < 4.78 is 0. The molecule has 0 aliphatic heterocycles. The number of nitriles is 1. The van der Waals surface area contributed by atoms with Gasteiger partial charge in [-0.1, -0.05) is 24.3 Å². The Balaban J connectivity index is 2.58. The molecule has 0 spiro atoms. The Morgan fingerprint density at radius 3 is 2.47 bits per heavy atom. The lowest BCUT2D eigenvalue weighted by atomic mass is 10.1. The molecule has 0 radical (unpaired) electrons. The van der Waals surface area contributed by atoms with Crippen molar-refractivity contribution in [1.29, 1.82) is 5.26 Å². The van der Waals surface area contributed by atoms with Crippen molar-refractivity contribution < 1.29 is 0 Å². The van der Waals surface area contributed by atoms with Gasteiger partial charge in [0.05, 0.1) is 11.3 Å². The van der Waals surface area contributed by atoms with Gasteiger partial charge in [0.2, 0.25) is 0 Å². The van der Waals surface area contributed by atoms with E-state index in [0.29, 0.717) is 0 Å². The second kappa shape index (κ2) is 5.58. The van der Waals surface area contributed by atoms with E-state index in [1.54, 1.807) is 0 Å².